The zero-order chi connectivity index (χ0) is 12.9. The van der Waals surface area contributed by atoms with Crippen molar-refractivity contribution in [3.8, 4) is 0 Å². The summed E-state index contributed by atoms with van der Waals surface area (Å²) in [7, 11) is 0. The molecule has 1 rings (SSSR count). The molecule has 94 valence electrons. The van der Waals surface area contributed by atoms with Crippen LogP contribution < -0.4 is 0 Å². The summed E-state index contributed by atoms with van der Waals surface area (Å²) in [6, 6.07) is 9.01. The van der Waals surface area contributed by atoms with Gasteiger partial charge in [0.15, 0.2) is 0 Å². The Hall–Kier alpha value is 0.0600. The van der Waals surface area contributed by atoms with Crippen LogP contribution in [0.2, 0.25) is 0 Å². The minimum Gasteiger partial charge on any atom is -0.166 e. The first-order valence-electron chi connectivity index (χ1n) is 4.63. The van der Waals surface area contributed by atoms with Gasteiger partial charge >= 0.3 is 6.18 Å². The standard InChI is InChI=1S/C11H9Br2F3S/c12-6-9(11(14,15)16)10(7-13)17-8-4-2-1-3-5-8/h1-5H,6-7H2/b10-9-. The van der Waals surface area contributed by atoms with Crippen LogP contribution in [-0.2, 0) is 0 Å². The minimum atomic E-state index is -4.30. The summed E-state index contributed by atoms with van der Waals surface area (Å²) in [6.07, 6.45) is -4.30. The van der Waals surface area contributed by atoms with Crippen molar-refractivity contribution in [3.63, 3.8) is 0 Å². The number of hydrogen-bond acceptors (Lipinski definition) is 1. The Bertz CT molecular complexity index is 387. The van der Waals surface area contributed by atoms with E-state index in [2.05, 4.69) is 31.9 Å². The molecule has 0 N–H and O–H groups in total. The van der Waals surface area contributed by atoms with Crippen molar-refractivity contribution in [2.45, 2.75) is 11.1 Å². The van der Waals surface area contributed by atoms with E-state index < -0.39 is 11.7 Å². The van der Waals surface area contributed by atoms with E-state index in [1.165, 1.54) is 0 Å². The summed E-state index contributed by atoms with van der Waals surface area (Å²) in [5, 5.41) is -0.00965. The van der Waals surface area contributed by atoms with E-state index in [4.69, 9.17) is 0 Å². The molecule has 0 heterocycles. The van der Waals surface area contributed by atoms with Gasteiger partial charge in [-0.3, -0.25) is 0 Å². The van der Waals surface area contributed by atoms with Crippen molar-refractivity contribution < 1.29 is 13.2 Å². The van der Waals surface area contributed by atoms with E-state index in [1.54, 1.807) is 24.3 Å². The van der Waals surface area contributed by atoms with Crippen LogP contribution in [0.5, 0.6) is 0 Å². The van der Waals surface area contributed by atoms with Crippen LogP contribution in [0.1, 0.15) is 0 Å². The van der Waals surface area contributed by atoms with Crippen LogP contribution in [-0.4, -0.2) is 16.8 Å². The van der Waals surface area contributed by atoms with E-state index in [0.717, 1.165) is 16.7 Å². The average molecular weight is 390 g/mol. The molecule has 0 nitrogen and oxygen atoms in total. The van der Waals surface area contributed by atoms with E-state index in [1.807, 2.05) is 6.07 Å². The molecule has 1 aromatic rings. The van der Waals surface area contributed by atoms with Crippen LogP contribution >= 0.6 is 43.6 Å². The largest absolute Gasteiger partial charge is 0.414 e. The van der Waals surface area contributed by atoms with Gasteiger partial charge in [-0.25, -0.2) is 0 Å². The van der Waals surface area contributed by atoms with Gasteiger partial charge in [-0.05, 0) is 12.1 Å². The number of allylic oxidation sites excluding steroid dienone is 2. The van der Waals surface area contributed by atoms with Crippen LogP contribution in [0.25, 0.3) is 0 Å². The average Bonchev–Trinajstić information content (AvgIpc) is 2.28. The molecule has 0 saturated heterocycles. The second kappa shape index (κ2) is 6.85. The summed E-state index contributed by atoms with van der Waals surface area (Å²) in [5.74, 6) is 0. The molecular weight excluding hydrogens is 381 g/mol. The molecule has 0 spiro atoms. The van der Waals surface area contributed by atoms with Gasteiger partial charge in [0.05, 0.1) is 5.57 Å². The zero-order valence-corrected chi connectivity index (χ0v) is 12.6. The maximum atomic E-state index is 12.7. The highest BCUT2D eigenvalue weighted by atomic mass is 79.9. The van der Waals surface area contributed by atoms with Gasteiger partial charge in [0, 0.05) is 20.5 Å². The maximum absolute atomic E-state index is 12.7. The summed E-state index contributed by atoms with van der Waals surface area (Å²) in [4.78, 5) is 1.07. The Morgan fingerprint density at radius 1 is 1.06 bits per heavy atom. The number of hydrogen-bond donors (Lipinski definition) is 0. The first-order chi connectivity index (χ1) is 7.99. The molecule has 0 atom stereocenters. The van der Waals surface area contributed by atoms with Crippen molar-refractivity contribution in [1.29, 1.82) is 0 Å². The lowest BCUT2D eigenvalue weighted by atomic mass is 10.3. The molecule has 0 amide bonds. The summed E-state index contributed by atoms with van der Waals surface area (Å²) in [5.41, 5.74) is -0.539. The molecule has 0 aliphatic heterocycles. The Balaban J connectivity index is 3.01. The van der Waals surface area contributed by atoms with Crippen LogP contribution in [0, 0.1) is 0 Å². The van der Waals surface area contributed by atoms with Crippen LogP contribution in [0.3, 0.4) is 0 Å². The van der Waals surface area contributed by atoms with Crippen molar-refractivity contribution in [2.24, 2.45) is 0 Å². The monoisotopic (exact) mass is 388 g/mol. The van der Waals surface area contributed by atoms with Gasteiger partial charge in [0.1, 0.15) is 0 Å². The van der Waals surface area contributed by atoms with Gasteiger partial charge in [-0.15, -0.1) is 0 Å². The summed E-state index contributed by atoms with van der Waals surface area (Å²) < 4.78 is 38.2. The molecule has 0 radical (unpaired) electrons. The van der Waals surface area contributed by atoms with Gasteiger partial charge in [-0.2, -0.15) is 13.2 Å². The summed E-state index contributed by atoms with van der Waals surface area (Å²) in [6.45, 7) is 0. The SMILES string of the molecule is FC(F)(F)/C(CBr)=C(/CBr)Sc1ccccc1. The van der Waals surface area contributed by atoms with Gasteiger partial charge in [0.2, 0.25) is 0 Å². The molecule has 0 aromatic heterocycles. The number of benzene rings is 1. The van der Waals surface area contributed by atoms with E-state index >= 15 is 0 Å². The number of halogens is 5. The lowest BCUT2D eigenvalue weighted by Gasteiger charge is -2.14. The number of rotatable bonds is 4. The van der Waals surface area contributed by atoms with Crippen molar-refractivity contribution in [3.05, 3.63) is 40.8 Å². The fourth-order valence-electron chi connectivity index (χ4n) is 1.11. The number of alkyl halides is 5. The lowest BCUT2D eigenvalue weighted by molar-refractivity contribution is -0.0909. The van der Waals surface area contributed by atoms with E-state index in [9.17, 15) is 13.2 Å². The maximum Gasteiger partial charge on any atom is 0.414 e. The first-order valence-corrected chi connectivity index (χ1v) is 7.69. The first kappa shape index (κ1) is 15.1. The van der Waals surface area contributed by atoms with Gasteiger partial charge in [0.25, 0.3) is 0 Å². The summed E-state index contributed by atoms with van der Waals surface area (Å²) >= 11 is 7.13. The Labute approximate surface area is 119 Å². The molecule has 6 heteroatoms. The third kappa shape index (κ3) is 4.67. The van der Waals surface area contributed by atoms with Gasteiger partial charge < -0.3 is 0 Å². The third-order valence-electron chi connectivity index (χ3n) is 1.92. The molecule has 17 heavy (non-hydrogen) atoms. The Morgan fingerprint density at radius 2 is 1.65 bits per heavy atom. The molecule has 0 bridgehead atoms. The topological polar surface area (TPSA) is 0 Å². The van der Waals surface area contributed by atoms with Crippen LogP contribution in [0.4, 0.5) is 13.2 Å². The van der Waals surface area contributed by atoms with Gasteiger partial charge in [-0.1, -0.05) is 61.8 Å². The van der Waals surface area contributed by atoms with E-state index in [-0.39, 0.29) is 15.6 Å². The second-order valence-corrected chi connectivity index (χ2v) is 5.37. The van der Waals surface area contributed by atoms with Crippen molar-refractivity contribution in [2.75, 3.05) is 10.7 Å². The second-order valence-electron chi connectivity index (χ2n) is 3.08. The Kier molecular flexibility index (Phi) is 6.09. The lowest BCUT2D eigenvalue weighted by Crippen LogP contribution is -2.15. The fraction of sp³-hybridized carbons (Fsp3) is 0.273. The van der Waals surface area contributed by atoms with E-state index in [0.29, 0.717) is 0 Å². The van der Waals surface area contributed by atoms with Crippen LogP contribution in [0.15, 0.2) is 45.7 Å². The number of thioether (sulfide) groups is 1. The molecule has 0 saturated carbocycles. The highest BCUT2D eigenvalue weighted by molar-refractivity contribution is 9.09. The quantitative estimate of drug-likeness (QED) is 0.491. The zero-order valence-electron chi connectivity index (χ0n) is 8.60. The predicted octanol–water partition coefficient (Wildman–Crippen LogP) is 5.38. The Morgan fingerprint density at radius 3 is 2.06 bits per heavy atom. The molecule has 0 fully saturated rings. The normalized spacial score (nSPS) is 13.5. The minimum absolute atomic E-state index is 0.188. The molecule has 1 aromatic carbocycles. The highest BCUT2D eigenvalue weighted by Crippen LogP contribution is 2.37. The highest BCUT2D eigenvalue weighted by Gasteiger charge is 2.35. The smallest absolute Gasteiger partial charge is 0.166 e. The molecule has 0 unspecified atom stereocenters. The van der Waals surface area contributed by atoms with Crippen molar-refractivity contribution in [1.82, 2.24) is 0 Å². The fourth-order valence-corrected chi connectivity index (χ4v) is 3.58. The predicted molar refractivity (Wildman–Crippen MR) is 73.0 cm³/mol. The van der Waals surface area contributed by atoms with Crippen molar-refractivity contribution >= 4 is 43.6 Å². The molecular formula is C11H9Br2F3S. The third-order valence-corrected chi connectivity index (χ3v) is 4.56. The molecule has 0 aliphatic rings. The molecule has 0 aliphatic carbocycles.